The van der Waals surface area contributed by atoms with Crippen molar-refractivity contribution in [3.63, 3.8) is 0 Å². The molecular weight excluding hydrogens is 438 g/mol. The Hall–Kier alpha value is -4.25. The number of amides is 1. The first-order valence-corrected chi connectivity index (χ1v) is 11.8. The van der Waals surface area contributed by atoms with E-state index in [2.05, 4.69) is 40.0 Å². The molecule has 1 fully saturated rings. The molecule has 0 aliphatic carbocycles. The average Bonchev–Trinajstić information content (AvgIpc) is 3.29. The highest BCUT2D eigenvalue weighted by Crippen LogP contribution is 2.37. The monoisotopic (exact) mass is 465 g/mol. The maximum Gasteiger partial charge on any atom is 0.225 e. The van der Waals surface area contributed by atoms with Crippen LogP contribution in [0.25, 0.3) is 28.0 Å². The van der Waals surface area contributed by atoms with Crippen molar-refractivity contribution in [2.45, 2.75) is 26.8 Å². The third kappa shape index (κ3) is 4.10. The molecule has 0 N–H and O–H groups in total. The van der Waals surface area contributed by atoms with Gasteiger partial charge in [-0.25, -0.2) is 15.0 Å². The predicted octanol–water partition coefficient (Wildman–Crippen LogP) is 4.05. The van der Waals surface area contributed by atoms with Gasteiger partial charge in [-0.2, -0.15) is 5.26 Å². The lowest BCUT2D eigenvalue weighted by molar-refractivity contribution is -0.135. The van der Waals surface area contributed by atoms with Gasteiger partial charge in [0.2, 0.25) is 5.91 Å². The lowest BCUT2D eigenvalue weighted by Crippen LogP contribution is -2.54. The number of anilines is 1. The van der Waals surface area contributed by atoms with Crippen LogP contribution in [0, 0.1) is 17.2 Å². The van der Waals surface area contributed by atoms with Crippen molar-refractivity contribution >= 4 is 22.8 Å². The zero-order valence-electron chi connectivity index (χ0n) is 20.1. The van der Waals surface area contributed by atoms with E-state index in [-0.39, 0.29) is 17.9 Å². The number of carbonyl (C=O) groups excluding carboxylic acids is 1. The second-order valence-corrected chi connectivity index (χ2v) is 9.17. The van der Waals surface area contributed by atoms with Crippen LogP contribution < -0.4 is 4.90 Å². The molecule has 1 aromatic carbocycles. The Balaban J connectivity index is 1.65. The number of carbonyl (C=O) groups is 1. The first kappa shape index (κ1) is 22.5. The normalized spacial score (nSPS) is 16.0. The zero-order chi connectivity index (χ0) is 24.5. The Labute approximate surface area is 204 Å². The van der Waals surface area contributed by atoms with Crippen LogP contribution in [-0.2, 0) is 4.79 Å². The van der Waals surface area contributed by atoms with Crippen molar-refractivity contribution in [2.75, 3.05) is 24.5 Å². The lowest BCUT2D eigenvalue weighted by atomic mass is 10.0. The molecule has 1 aliphatic rings. The zero-order valence-corrected chi connectivity index (χ0v) is 20.1. The van der Waals surface area contributed by atoms with E-state index in [1.165, 1.54) is 0 Å². The fourth-order valence-corrected chi connectivity index (χ4v) is 4.73. The summed E-state index contributed by atoms with van der Waals surface area (Å²) >= 11 is 0. The van der Waals surface area contributed by atoms with E-state index in [1.807, 2.05) is 47.7 Å². The van der Waals surface area contributed by atoms with Crippen LogP contribution in [0.2, 0.25) is 0 Å². The SMILES string of the molecule is CC(C)C(=O)N1CCN(c2ncnc3c2c(-c2ccccc2)cn3-c2cc(C#N)ccn2)[C@@H](C)C1. The van der Waals surface area contributed by atoms with Gasteiger partial charge >= 0.3 is 0 Å². The number of hydrogen-bond acceptors (Lipinski definition) is 6. The molecule has 0 saturated carbocycles. The summed E-state index contributed by atoms with van der Waals surface area (Å²) in [4.78, 5) is 30.7. The fraction of sp³-hybridized carbons (Fsp3) is 0.296. The molecule has 0 unspecified atom stereocenters. The number of pyridine rings is 1. The molecule has 0 bridgehead atoms. The van der Waals surface area contributed by atoms with Gasteiger partial charge in [-0.05, 0) is 24.6 Å². The highest BCUT2D eigenvalue weighted by atomic mass is 16.2. The van der Waals surface area contributed by atoms with Crippen LogP contribution in [0.4, 0.5) is 5.82 Å². The summed E-state index contributed by atoms with van der Waals surface area (Å²) in [7, 11) is 0. The molecule has 176 valence electrons. The summed E-state index contributed by atoms with van der Waals surface area (Å²) in [5.41, 5.74) is 3.30. The summed E-state index contributed by atoms with van der Waals surface area (Å²) in [5, 5.41) is 10.3. The molecule has 1 amide bonds. The number of nitriles is 1. The lowest BCUT2D eigenvalue weighted by Gasteiger charge is -2.41. The van der Waals surface area contributed by atoms with E-state index in [0.29, 0.717) is 31.0 Å². The molecule has 0 spiro atoms. The highest BCUT2D eigenvalue weighted by molar-refractivity contribution is 6.02. The number of hydrogen-bond donors (Lipinski definition) is 0. The van der Waals surface area contributed by atoms with Crippen LogP contribution >= 0.6 is 0 Å². The molecule has 1 atom stereocenters. The first-order chi connectivity index (χ1) is 17.0. The Bertz CT molecular complexity index is 1420. The van der Waals surface area contributed by atoms with Crippen LogP contribution in [0.15, 0.2) is 61.2 Å². The summed E-state index contributed by atoms with van der Waals surface area (Å²) < 4.78 is 1.92. The summed E-state index contributed by atoms with van der Waals surface area (Å²) in [6.45, 7) is 8.00. The molecule has 35 heavy (non-hydrogen) atoms. The minimum Gasteiger partial charge on any atom is -0.350 e. The van der Waals surface area contributed by atoms with Gasteiger partial charge in [0, 0.05) is 49.6 Å². The minimum atomic E-state index is -0.0186. The van der Waals surface area contributed by atoms with Gasteiger partial charge in [0.1, 0.15) is 18.0 Å². The topological polar surface area (TPSA) is 90.9 Å². The molecule has 0 radical (unpaired) electrons. The van der Waals surface area contributed by atoms with Crippen molar-refractivity contribution in [1.82, 2.24) is 24.4 Å². The van der Waals surface area contributed by atoms with Crippen molar-refractivity contribution in [3.05, 3.63) is 66.7 Å². The van der Waals surface area contributed by atoms with Gasteiger partial charge in [-0.3, -0.25) is 9.36 Å². The highest BCUT2D eigenvalue weighted by Gasteiger charge is 2.31. The average molecular weight is 466 g/mol. The Morgan fingerprint density at radius 2 is 1.91 bits per heavy atom. The van der Waals surface area contributed by atoms with Crippen LogP contribution in [0.5, 0.6) is 0 Å². The molecule has 1 saturated heterocycles. The van der Waals surface area contributed by atoms with Crippen LogP contribution in [0.3, 0.4) is 0 Å². The number of nitrogens with zero attached hydrogens (tertiary/aromatic N) is 7. The van der Waals surface area contributed by atoms with Gasteiger partial charge in [0.25, 0.3) is 0 Å². The number of fused-ring (bicyclic) bond motifs is 1. The van der Waals surface area contributed by atoms with Crippen LogP contribution in [0.1, 0.15) is 26.3 Å². The molecule has 5 rings (SSSR count). The maximum atomic E-state index is 12.6. The van der Waals surface area contributed by atoms with Gasteiger partial charge < -0.3 is 9.80 Å². The molecule has 8 nitrogen and oxygen atoms in total. The van der Waals surface area contributed by atoms with Crippen molar-refractivity contribution < 1.29 is 4.79 Å². The van der Waals surface area contributed by atoms with E-state index < -0.39 is 0 Å². The Kier molecular flexibility index (Phi) is 5.91. The third-order valence-corrected chi connectivity index (χ3v) is 6.47. The molecule has 1 aliphatic heterocycles. The van der Waals surface area contributed by atoms with E-state index in [0.717, 1.165) is 28.0 Å². The number of aromatic nitrogens is 4. The van der Waals surface area contributed by atoms with Crippen molar-refractivity contribution in [3.8, 4) is 23.0 Å². The smallest absolute Gasteiger partial charge is 0.225 e. The van der Waals surface area contributed by atoms with Gasteiger partial charge in [0.05, 0.1) is 17.0 Å². The predicted molar refractivity (Wildman–Crippen MR) is 135 cm³/mol. The standard InChI is InChI=1S/C27H27N7O/c1-18(2)27(35)32-11-12-33(19(3)15-32)25-24-22(21-7-5-4-6-8-21)16-34(26(24)31-17-30-25)23-13-20(14-28)9-10-29-23/h4-10,13,16-19H,11-12,15H2,1-3H3/t19-/m0/s1. The molecule has 4 heterocycles. The molecule has 3 aromatic heterocycles. The van der Waals surface area contributed by atoms with E-state index in [4.69, 9.17) is 4.98 Å². The van der Waals surface area contributed by atoms with Gasteiger partial charge in [-0.1, -0.05) is 44.2 Å². The Morgan fingerprint density at radius 3 is 2.63 bits per heavy atom. The van der Waals surface area contributed by atoms with E-state index in [9.17, 15) is 10.1 Å². The second-order valence-electron chi connectivity index (χ2n) is 9.17. The Morgan fingerprint density at radius 1 is 1.11 bits per heavy atom. The summed E-state index contributed by atoms with van der Waals surface area (Å²) in [5.74, 6) is 1.63. The number of benzene rings is 1. The minimum absolute atomic E-state index is 0.0186. The first-order valence-electron chi connectivity index (χ1n) is 11.8. The van der Waals surface area contributed by atoms with Crippen molar-refractivity contribution in [1.29, 1.82) is 5.26 Å². The summed E-state index contributed by atoms with van der Waals surface area (Å²) in [6, 6.07) is 15.9. The fourth-order valence-electron chi connectivity index (χ4n) is 4.73. The van der Waals surface area contributed by atoms with E-state index in [1.54, 1.807) is 24.7 Å². The number of piperazine rings is 1. The number of rotatable bonds is 4. The molecule has 4 aromatic rings. The van der Waals surface area contributed by atoms with E-state index >= 15 is 0 Å². The van der Waals surface area contributed by atoms with Crippen molar-refractivity contribution in [2.24, 2.45) is 5.92 Å². The van der Waals surface area contributed by atoms with Gasteiger partial charge in [0.15, 0.2) is 5.65 Å². The second kappa shape index (κ2) is 9.18. The van der Waals surface area contributed by atoms with Crippen LogP contribution in [-0.4, -0.2) is 56.0 Å². The quantitative estimate of drug-likeness (QED) is 0.452. The summed E-state index contributed by atoms with van der Waals surface area (Å²) in [6.07, 6.45) is 5.23. The third-order valence-electron chi connectivity index (χ3n) is 6.47. The molecule has 8 heteroatoms. The van der Waals surface area contributed by atoms with Gasteiger partial charge in [-0.15, -0.1) is 0 Å². The molecular formula is C27H27N7O. The largest absolute Gasteiger partial charge is 0.350 e. The maximum absolute atomic E-state index is 12.6.